The van der Waals surface area contributed by atoms with E-state index < -0.39 is 5.78 Å². The number of ketones is 1. The normalized spacial score (nSPS) is 11.5. The Morgan fingerprint density at radius 2 is 2.05 bits per heavy atom. The minimum atomic E-state index is -0.441. The van der Waals surface area contributed by atoms with Gasteiger partial charge in [0.05, 0.1) is 7.11 Å². The van der Waals surface area contributed by atoms with Gasteiger partial charge in [0.1, 0.15) is 5.76 Å². The summed E-state index contributed by atoms with van der Waals surface area (Å²) in [4.78, 5) is 11.4. The highest BCUT2D eigenvalue weighted by Crippen LogP contribution is 2.36. The molecule has 0 unspecified atom stereocenters. The maximum absolute atomic E-state index is 11.4. The molecule has 0 bridgehead atoms. The Morgan fingerprint density at radius 1 is 1.37 bits per heavy atom. The molecule has 0 aliphatic rings. The number of aliphatic hydroxyl groups is 1. The number of methoxy groups -OCH3 is 1. The molecule has 1 rings (SSSR count). The average molecular weight is 262 g/mol. The van der Waals surface area contributed by atoms with Crippen molar-refractivity contribution in [2.75, 3.05) is 7.11 Å². The van der Waals surface area contributed by atoms with Crippen LogP contribution in [0.4, 0.5) is 0 Å². The van der Waals surface area contributed by atoms with Crippen LogP contribution in [-0.4, -0.2) is 28.2 Å². The molecule has 1 aromatic carbocycles. The second kappa shape index (κ2) is 6.30. The number of carbonyl (C=O) groups excluding carboxylic acids is 1. The first-order valence-electron chi connectivity index (χ1n) is 5.33. The van der Waals surface area contributed by atoms with Gasteiger partial charge in [0.15, 0.2) is 17.3 Å². The van der Waals surface area contributed by atoms with Gasteiger partial charge in [-0.3, -0.25) is 4.79 Å². The molecule has 0 saturated carbocycles. The monoisotopic (exact) mass is 262 g/mol. The van der Waals surface area contributed by atoms with Crippen molar-refractivity contribution in [2.45, 2.75) is 0 Å². The number of phenolic OH excluding ortho intramolecular Hbond substituents is 2. The van der Waals surface area contributed by atoms with Gasteiger partial charge in [0.25, 0.3) is 0 Å². The molecule has 0 aromatic heterocycles. The Bertz CT molecular complexity index is 555. The summed E-state index contributed by atoms with van der Waals surface area (Å²) in [7, 11) is 1.35. The van der Waals surface area contributed by atoms with Crippen LogP contribution >= 0.6 is 0 Å². The number of aromatic hydroxyl groups is 2. The third kappa shape index (κ3) is 3.92. The number of hydrogen-bond acceptors (Lipinski definition) is 5. The third-order valence-electron chi connectivity index (χ3n) is 2.24. The molecule has 100 valence electrons. The summed E-state index contributed by atoms with van der Waals surface area (Å²) in [6, 6.07) is 2.73. The van der Waals surface area contributed by atoms with Gasteiger partial charge in [-0.25, -0.2) is 0 Å². The molecule has 5 nitrogen and oxygen atoms in total. The van der Waals surface area contributed by atoms with Gasteiger partial charge in [-0.15, -0.1) is 0 Å². The summed E-state index contributed by atoms with van der Waals surface area (Å²) in [6.45, 7) is 3.30. The van der Waals surface area contributed by atoms with E-state index in [2.05, 4.69) is 6.58 Å². The third-order valence-corrected chi connectivity index (χ3v) is 2.24. The molecule has 0 fully saturated rings. The maximum atomic E-state index is 11.4. The fraction of sp³-hybridized carbons (Fsp3) is 0.0714. The van der Waals surface area contributed by atoms with E-state index in [0.29, 0.717) is 5.56 Å². The summed E-state index contributed by atoms with van der Waals surface area (Å²) in [5.74, 6) is -1.30. The minimum absolute atomic E-state index is 0.0941. The van der Waals surface area contributed by atoms with Crippen LogP contribution in [-0.2, 0) is 4.79 Å². The summed E-state index contributed by atoms with van der Waals surface area (Å²) in [6.07, 6.45) is 4.75. The fourth-order valence-electron chi connectivity index (χ4n) is 1.30. The zero-order valence-corrected chi connectivity index (χ0v) is 10.3. The van der Waals surface area contributed by atoms with Gasteiger partial charge in [0.2, 0.25) is 5.75 Å². The van der Waals surface area contributed by atoms with E-state index >= 15 is 0 Å². The Kier molecular flexibility index (Phi) is 4.76. The van der Waals surface area contributed by atoms with Crippen LogP contribution in [0, 0.1) is 0 Å². The van der Waals surface area contributed by atoms with Crippen molar-refractivity contribution in [1.82, 2.24) is 0 Å². The number of ether oxygens (including phenoxy) is 1. The Morgan fingerprint density at radius 3 is 2.63 bits per heavy atom. The van der Waals surface area contributed by atoms with E-state index in [1.807, 2.05) is 0 Å². The van der Waals surface area contributed by atoms with Gasteiger partial charge in [-0.2, -0.15) is 0 Å². The minimum Gasteiger partial charge on any atom is -0.508 e. The van der Waals surface area contributed by atoms with Crippen LogP contribution in [0.2, 0.25) is 0 Å². The number of phenols is 2. The molecule has 0 radical (unpaired) electrons. The first-order valence-corrected chi connectivity index (χ1v) is 5.33. The predicted octanol–water partition coefficient (Wildman–Crippen LogP) is 2.32. The van der Waals surface area contributed by atoms with Crippen molar-refractivity contribution in [3.63, 3.8) is 0 Å². The van der Waals surface area contributed by atoms with Crippen molar-refractivity contribution in [3.05, 3.63) is 48.3 Å². The molecule has 19 heavy (non-hydrogen) atoms. The lowest BCUT2D eigenvalue weighted by molar-refractivity contribution is -0.110. The quantitative estimate of drug-likeness (QED) is 0.328. The maximum Gasteiger partial charge on any atom is 0.200 e. The van der Waals surface area contributed by atoms with Crippen LogP contribution in [0.1, 0.15) is 5.56 Å². The van der Waals surface area contributed by atoms with Crippen LogP contribution in [0.15, 0.2) is 42.7 Å². The Labute approximate surface area is 110 Å². The smallest absolute Gasteiger partial charge is 0.200 e. The molecular weight excluding hydrogens is 248 g/mol. The van der Waals surface area contributed by atoms with E-state index in [1.54, 1.807) is 0 Å². The van der Waals surface area contributed by atoms with E-state index in [1.165, 1.54) is 31.4 Å². The highest BCUT2D eigenvalue weighted by Gasteiger charge is 2.08. The Hall–Kier alpha value is -2.69. The molecule has 3 N–H and O–H groups in total. The van der Waals surface area contributed by atoms with Gasteiger partial charge in [0, 0.05) is 6.08 Å². The van der Waals surface area contributed by atoms with Gasteiger partial charge in [-0.1, -0.05) is 12.7 Å². The van der Waals surface area contributed by atoms with Crippen molar-refractivity contribution in [3.8, 4) is 17.2 Å². The largest absolute Gasteiger partial charge is 0.508 e. The first kappa shape index (κ1) is 14.4. The van der Waals surface area contributed by atoms with Gasteiger partial charge in [-0.05, 0) is 29.8 Å². The number of rotatable bonds is 5. The fourth-order valence-corrected chi connectivity index (χ4v) is 1.30. The molecule has 0 spiro atoms. The second-order valence-corrected chi connectivity index (χ2v) is 3.60. The van der Waals surface area contributed by atoms with E-state index in [0.717, 1.165) is 12.2 Å². The van der Waals surface area contributed by atoms with Crippen molar-refractivity contribution < 1.29 is 24.9 Å². The number of hydrogen-bond donors (Lipinski definition) is 3. The summed E-state index contributed by atoms with van der Waals surface area (Å²) in [5, 5.41) is 28.0. The summed E-state index contributed by atoms with van der Waals surface area (Å²) >= 11 is 0. The second-order valence-electron chi connectivity index (χ2n) is 3.60. The Balaban J connectivity index is 2.97. The van der Waals surface area contributed by atoms with E-state index in [9.17, 15) is 15.0 Å². The first-order chi connectivity index (χ1) is 8.97. The molecule has 0 heterocycles. The predicted molar refractivity (Wildman–Crippen MR) is 71.3 cm³/mol. The molecule has 0 atom stereocenters. The molecule has 5 heteroatoms. The lowest BCUT2D eigenvalue weighted by Crippen LogP contribution is -1.89. The molecule has 0 amide bonds. The highest BCUT2D eigenvalue weighted by molar-refractivity contribution is 6.02. The van der Waals surface area contributed by atoms with E-state index in [-0.39, 0.29) is 23.0 Å². The standard InChI is InChI=1S/C14H14O5/c1-3-10(15)8-11(16)5-4-9-6-12(17)14(18)13(7-9)19-2/h3-8,15,17-18H,1H2,2H3. The highest BCUT2D eigenvalue weighted by atomic mass is 16.5. The SMILES string of the molecule is C=CC(O)=CC(=O)C=Cc1cc(O)c(O)c(OC)c1. The van der Waals surface area contributed by atoms with Crippen molar-refractivity contribution >= 4 is 11.9 Å². The van der Waals surface area contributed by atoms with Gasteiger partial charge < -0.3 is 20.1 Å². The van der Waals surface area contributed by atoms with E-state index in [4.69, 9.17) is 9.84 Å². The molecular formula is C14H14O5. The van der Waals surface area contributed by atoms with Crippen LogP contribution in [0.5, 0.6) is 17.2 Å². The lowest BCUT2D eigenvalue weighted by atomic mass is 10.1. The molecule has 0 aliphatic heterocycles. The van der Waals surface area contributed by atoms with Crippen molar-refractivity contribution in [2.24, 2.45) is 0 Å². The average Bonchev–Trinajstić information content (AvgIpc) is 2.39. The zero-order chi connectivity index (χ0) is 14.4. The number of aliphatic hydroxyl groups excluding tert-OH is 1. The van der Waals surface area contributed by atoms with Crippen LogP contribution < -0.4 is 4.74 Å². The zero-order valence-electron chi connectivity index (χ0n) is 10.3. The van der Waals surface area contributed by atoms with Gasteiger partial charge >= 0.3 is 0 Å². The van der Waals surface area contributed by atoms with Crippen LogP contribution in [0.3, 0.4) is 0 Å². The summed E-state index contributed by atoms with van der Waals surface area (Å²) < 4.78 is 4.86. The topological polar surface area (TPSA) is 87.0 Å². The molecule has 0 saturated heterocycles. The number of allylic oxidation sites excluding steroid dienone is 3. The molecule has 0 aliphatic carbocycles. The molecule has 1 aromatic rings. The lowest BCUT2D eigenvalue weighted by Gasteiger charge is -2.06. The van der Waals surface area contributed by atoms with Crippen molar-refractivity contribution in [1.29, 1.82) is 0 Å². The summed E-state index contributed by atoms with van der Waals surface area (Å²) in [5.41, 5.74) is 0.465. The van der Waals surface area contributed by atoms with Crippen LogP contribution in [0.25, 0.3) is 6.08 Å². The number of carbonyl (C=O) groups is 1. The number of benzene rings is 1.